The van der Waals surface area contributed by atoms with Gasteiger partial charge >= 0.3 is 0 Å². The van der Waals surface area contributed by atoms with Crippen LogP contribution in [0.3, 0.4) is 0 Å². The first-order valence-corrected chi connectivity index (χ1v) is 7.20. The van der Waals surface area contributed by atoms with Gasteiger partial charge in [-0.15, -0.1) is 0 Å². The van der Waals surface area contributed by atoms with Crippen molar-refractivity contribution < 1.29 is 9.53 Å². The molecule has 0 atom stereocenters. The fourth-order valence-electron chi connectivity index (χ4n) is 2.92. The summed E-state index contributed by atoms with van der Waals surface area (Å²) in [5.74, 6) is 0.925. The van der Waals surface area contributed by atoms with Crippen LogP contribution in [-0.4, -0.2) is 27.8 Å². The number of ether oxygens (including phenoxy) is 1. The maximum absolute atomic E-state index is 12.6. The van der Waals surface area contributed by atoms with E-state index in [1.165, 1.54) is 0 Å². The SMILES string of the molecule is CCOC1(C(=O)Cc2cnn(C)c2)CCC(C)CC1. The minimum absolute atomic E-state index is 0.217. The Balaban J connectivity index is 2.08. The molecule has 4 heteroatoms. The summed E-state index contributed by atoms with van der Waals surface area (Å²) in [5.41, 5.74) is 0.432. The highest BCUT2D eigenvalue weighted by Gasteiger charge is 2.41. The number of Topliss-reactive ketones (excluding diaryl/α,β-unsaturated/α-hetero) is 1. The quantitative estimate of drug-likeness (QED) is 0.821. The highest BCUT2D eigenvalue weighted by Crippen LogP contribution is 2.36. The molecule has 0 N–H and O–H groups in total. The molecule has 1 fully saturated rings. The second-order valence-corrected chi connectivity index (χ2v) is 5.73. The zero-order valence-corrected chi connectivity index (χ0v) is 12.2. The summed E-state index contributed by atoms with van der Waals surface area (Å²) in [5, 5.41) is 4.12. The van der Waals surface area contributed by atoms with E-state index in [1.807, 2.05) is 20.2 Å². The van der Waals surface area contributed by atoms with E-state index in [1.54, 1.807) is 10.9 Å². The lowest BCUT2D eigenvalue weighted by Crippen LogP contribution is -2.45. The van der Waals surface area contributed by atoms with Gasteiger partial charge in [0.05, 0.1) is 6.20 Å². The molecule has 4 nitrogen and oxygen atoms in total. The van der Waals surface area contributed by atoms with Crippen molar-refractivity contribution in [3.8, 4) is 0 Å². The summed E-state index contributed by atoms with van der Waals surface area (Å²) in [6.07, 6.45) is 7.99. The number of hydrogen-bond donors (Lipinski definition) is 0. The van der Waals surface area contributed by atoms with Gasteiger partial charge in [-0.25, -0.2) is 0 Å². The number of carbonyl (C=O) groups is 1. The fourth-order valence-corrected chi connectivity index (χ4v) is 2.92. The van der Waals surface area contributed by atoms with Gasteiger partial charge in [0.25, 0.3) is 0 Å². The number of ketones is 1. The van der Waals surface area contributed by atoms with Gasteiger partial charge in [-0.1, -0.05) is 6.92 Å². The van der Waals surface area contributed by atoms with Gasteiger partial charge in [0.2, 0.25) is 0 Å². The molecule has 1 saturated carbocycles. The van der Waals surface area contributed by atoms with E-state index in [0.717, 1.165) is 31.2 Å². The van der Waals surface area contributed by atoms with Crippen molar-refractivity contribution in [1.29, 1.82) is 0 Å². The van der Waals surface area contributed by atoms with Gasteiger partial charge < -0.3 is 4.74 Å². The highest BCUT2D eigenvalue weighted by atomic mass is 16.5. The summed E-state index contributed by atoms with van der Waals surface area (Å²) in [6, 6.07) is 0. The van der Waals surface area contributed by atoms with Crippen LogP contribution in [0.5, 0.6) is 0 Å². The van der Waals surface area contributed by atoms with Gasteiger partial charge in [0.1, 0.15) is 5.60 Å². The third kappa shape index (κ3) is 3.24. The van der Waals surface area contributed by atoms with Crippen LogP contribution in [0.25, 0.3) is 0 Å². The zero-order chi connectivity index (χ0) is 13.9. The lowest BCUT2D eigenvalue weighted by Gasteiger charge is -2.37. The molecular weight excluding hydrogens is 240 g/mol. The van der Waals surface area contributed by atoms with Crippen molar-refractivity contribution in [2.24, 2.45) is 13.0 Å². The topological polar surface area (TPSA) is 44.1 Å². The smallest absolute Gasteiger partial charge is 0.169 e. The average Bonchev–Trinajstić information content (AvgIpc) is 2.78. The van der Waals surface area contributed by atoms with Gasteiger partial charge in [-0.3, -0.25) is 9.48 Å². The average molecular weight is 264 g/mol. The third-order valence-electron chi connectivity index (χ3n) is 4.13. The molecule has 0 amide bonds. The van der Waals surface area contributed by atoms with E-state index in [4.69, 9.17) is 4.74 Å². The molecule has 1 aromatic rings. The van der Waals surface area contributed by atoms with Crippen molar-refractivity contribution >= 4 is 5.78 Å². The molecule has 0 aliphatic heterocycles. The monoisotopic (exact) mass is 264 g/mol. The van der Waals surface area contributed by atoms with E-state index < -0.39 is 5.60 Å². The molecule has 0 radical (unpaired) electrons. The molecule has 19 heavy (non-hydrogen) atoms. The Hall–Kier alpha value is -1.16. The fraction of sp³-hybridized carbons (Fsp3) is 0.733. The molecule has 1 aliphatic rings. The largest absolute Gasteiger partial charge is 0.367 e. The van der Waals surface area contributed by atoms with Crippen LogP contribution in [-0.2, 0) is 23.0 Å². The molecule has 1 aliphatic carbocycles. The zero-order valence-electron chi connectivity index (χ0n) is 12.2. The Bertz CT molecular complexity index is 431. The predicted molar refractivity (Wildman–Crippen MR) is 73.9 cm³/mol. The van der Waals surface area contributed by atoms with E-state index >= 15 is 0 Å². The van der Waals surface area contributed by atoms with Crippen LogP contribution in [0.2, 0.25) is 0 Å². The number of aromatic nitrogens is 2. The highest BCUT2D eigenvalue weighted by molar-refractivity contribution is 5.89. The predicted octanol–water partition coefficient (Wildman–Crippen LogP) is 2.52. The number of carbonyl (C=O) groups excluding carboxylic acids is 1. The molecule has 0 unspecified atom stereocenters. The third-order valence-corrected chi connectivity index (χ3v) is 4.13. The molecule has 1 heterocycles. The van der Waals surface area contributed by atoms with E-state index in [-0.39, 0.29) is 5.78 Å². The van der Waals surface area contributed by atoms with Gasteiger partial charge in [-0.05, 0) is 44.1 Å². The summed E-state index contributed by atoms with van der Waals surface area (Å²) >= 11 is 0. The second-order valence-electron chi connectivity index (χ2n) is 5.73. The summed E-state index contributed by atoms with van der Waals surface area (Å²) in [7, 11) is 1.87. The Morgan fingerprint density at radius 1 is 1.53 bits per heavy atom. The summed E-state index contributed by atoms with van der Waals surface area (Å²) in [4.78, 5) is 12.6. The molecule has 0 bridgehead atoms. The molecular formula is C15H24N2O2. The molecule has 1 aromatic heterocycles. The molecule has 0 saturated heterocycles. The first-order chi connectivity index (χ1) is 9.05. The molecule has 2 rings (SSSR count). The van der Waals surface area contributed by atoms with Crippen LogP contribution in [0.15, 0.2) is 12.4 Å². The van der Waals surface area contributed by atoms with Crippen LogP contribution >= 0.6 is 0 Å². The first kappa shape index (κ1) is 14.3. The standard InChI is InChI=1S/C15H24N2O2/c1-4-19-15(7-5-12(2)6-8-15)14(18)9-13-10-16-17(3)11-13/h10-12H,4-9H2,1-3H3. The van der Waals surface area contributed by atoms with Crippen LogP contribution in [0.1, 0.15) is 45.1 Å². The molecule has 106 valence electrons. The van der Waals surface area contributed by atoms with Crippen molar-refractivity contribution in [3.63, 3.8) is 0 Å². The van der Waals surface area contributed by atoms with Crippen molar-refractivity contribution in [3.05, 3.63) is 18.0 Å². The van der Waals surface area contributed by atoms with Crippen LogP contribution in [0.4, 0.5) is 0 Å². The number of aryl methyl sites for hydroxylation is 1. The summed E-state index contributed by atoms with van der Waals surface area (Å²) in [6.45, 7) is 4.83. The number of rotatable bonds is 5. The Morgan fingerprint density at radius 3 is 2.74 bits per heavy atom. The number of nitrogens with zero attached hydrogens (tertiary/aromatic N) is 2. The van der Waals surface area contributed by atoms with Crippen molar-refractivity contribution in [1.82, 2.24) is 9.78 Å². The van der Waals surface area contributed by atoms with E-state index in [2.05, 4.69) is 12.0 Å². The summed E-state index contributed by atoms with van der Waals surface area (Å²) < 4.78 is 7.62. The van der Waals surface area contributed by atoms with Crippen molar-refractivity contribution in [2.75, 3.05) is 6.61 Å². The van der Waals surface area contributed by atoms with Gasteiger partial charge in [0, 0.05) is 26.3 Å². The maximum Gasteiger partial charge on any atom is 0.169 e. The van der Waals surface area contributed by atoms with E-state index in [9.17, 15) is 4.79 Å². The van der Waals surface area contributed by atoms with Gasteiger partial charge in [0.15, 0.2) is 5.78 Å². The van der Waals surface area contributed by atoms with Crippen molar-refractivity contribution in [2.45, 2.75) is 51.6 Å². The number of hydrogen-bond acceptors (Lipinski definition) is 3. The second kappa shape index (κ2) is 5.87. The minimum Gasteiger partial charge on any atom is -0.367 e. The Labute approximate surface area is 115 Å². The molecule has 0 spiro atoms. The van der Waals surface area contributed by atoms with Crippen LogP contribution < -0.4 is 0 Å². The lowest BCUT2D eigenvalue weighted by atomic mass is 9.76. The molecule has 0 aromatic carbocycles. The normalized spacial score (nSPS) is 27.4. The Kier molecular flexibility index (Phi) is 4.40. The van der Waals surface area contributed by atoms with Crippen LogP contribution in [0, 0.1) is 5.92 Å². The maximum atomic E-state index is 12.6. The lowest BCUT2D eigenvalue weighted by molar-refractivity contribution is -0.149. The van der Waals surface area contributed by atoms with E-state index in [0.29, 0.717) is 18.9 Å². The minimum atomic E-state index is -0.545. The Morgan fingerprint density at radius 2 is 2.21 bits per heavy atom. The first-order valence-electron chi connectivity index (χ1n) is 7.20. The van der Waals surface area contributed by atoms with Gasteiger partial charge in [-0.2, -0.15) is 5.10 Å².